The Morgan fingerprint density at radius 3 is 2.67 bits per heavy atom. The van der Waals surface area contributed by atoms with Crippen molar-refractivity contribution in [3.63, 3.8) is 0 Å². The van der Waals surface area contributed by atoms with Crippen molar-refractivity contribution in [2.45, 2.75) is 6.42 Å². The molecular formula is C4H9NO3S. The number of hydrogen-bond donors (Lipinski definition) is 2. The van der Waals surface area contributed by atoms with Gasteiger partial charge >= 0.3 is 5.97 Å². The van der Waals surface area contributed by atoms with Crippen LogP contribution in [0, 0.1) is 4.78 Å². The molecule has 0 bridgehead atoms. The highest BCUT2D eigenvalue weighted by atomic mass is 32.2. The predicted molar refractivity (Wildman–Crippen MR) is 33.8 cm³/mol. The van der Waals surface area contributed by atoms with Gasteiger partial charge in [-0.2, -0.15) is 0 Å². The van der Waals surface area contributed by atoms with E-state index in [2.05, 4.69) is 4.74 Å². The number of hydrogen-bond acceptors (Lipinski definition) is 4. The van der Waals surface area contributed by atoms with E-state index in [4.69, 9.17) is 4.78 Å². The van der Waals surface area contributed by atoms with Crippen molar-refractivity contribution in [2.75, 3.05) is 12.9 Å². The summed E-state index contributed by atoms with van der Waals surface area (Å²) in [4.78, 5) is 10.3. The average Bonchev–Trinajstić information content (AvgIpc) is 1.83. The van der Waals surface area contributed by atoms with Gasteiger partial charge in [-0.1, -0.05) is 0 Å². The summed E-state index contributed by atoms with van der Waals surface area (Å²) in [6, 6.07) is 0. The van der Waals surface area contributed by atoms with Crippen molar-refractivity contribution in [3.05, 3.63) is 0 Å². The van der Waals surface area contributed by atoms with Crippen molar-refractivity contribution in [2.24, 2.45) is 0 Å². The van der Waals surface area contributed by atoms with Crippen molar-refractivity contribution in [1.29, 1.82) is 4.78 Å². The van der Waals surface area contributed by atoms with Gasteiger partial charge in [0.2, 0.25) is 0 Å². The van der Waals surface area contributed by atoms with Crippen LogP contribution in [0.4, 0.5) is 0 Å². The molecule has 0 radical (unpaired) electrons. The average molecular weight is 151 g/mol. The summed E-state index contributed by atoms with van der Waals surface area (Å²) in [7, 11) is -0.676. The minimum atomic E-state index is -1.94. The van der Waals surface area contributed by atoms with Gasteiger partial charge in [-0.25, -0.2) is 0 Å². The first-order chi connectivity index (χ1) is 4.16. The fourth-order valence-corrected chi connectivity index (χ4v) is 0.681. The second-order valence-electron chi connectivity index (χ2n) is 1.43. The Morgan fingerprint density at radius 2 is 2.33 bits per heavy atom. The number of rotatable bonds is 3. The van der Waals surface area contributed by atoms with Crippen molar-refractivity contribution >= 4 is 16.6 Å². The van der Waals surface area contributed by atoms with E-state index in [9.17, 15) is 9.00 Å². The quantitative estimate of drug-likeness (QED) is 0.433. The molecule has 4 nitrogen and oxygen atoms in total. The van der Waals surface area contributed by atoms with E-state index < -0.39 is 16.6 Å². The summed E-state index contributed by atoms with van der Waals surface area (Å²) in [5.74, 6) is -0.312. The molecular weight excluding hydrogens is 142 g/mol. The molecule has 5 heteroatoms. The van der Waals surface area contributed by atoms with Gasteiger partial charge in [-0.05, 0) is 0 Å². The third-order valence-corrected chi connectivity index (χ3v) is 1.38. The van der Waals surface area contributed by atoms with Gasteiger partial charge in [0, 0.05) is 16.3 Å². The molecule has 0 amide bonds. The van der Waals surface area contributed by atoms with E-state index in [0.29, 0.717) is 0 Å². The molecule has 0 aromatic rings. The van der Waals surface area contributed by atoms with Crippen LogP contribution in [0.3, 0.4) is 0 Å². The minimum Gasteiger partial charge on any atom is -0.469 e. The van der Waals surface area contributed by atoms with Crippen LogP contribution in [0.1, 0.15) is 6.42 Å². The second-order valence-corrected chi connectivity index (χ2v) is 2.63. The summed E-state index contributed by atoms with van der Waals surface area (Å²) in [6.45, 7) is 0. The van der Waals surface area contributed by atoms with Crippen molar-refractivity contribution < 1.29 is 13.7 Å². The van der Waals surface area contributed by atoms with Gasteiger partial charge in [-0.3, -0.25) is 13.8 Å². The first kappa shape index (κ1) is 8.42. The summed E-state index contributed by atoms with van der Waals surface area (Å²) in [5.41, 5.74) is 0. The summed E-state index contributed by atoms with van der Waals surface area (Å²) >= 11 is 0. The van der Waals surface area contributed by atoms with Crippen LogP contribution < -0.4 is 0 Å². The van der Waals surface area contributed by atoms with E-state index in [-0.39, 0.29) is 12.2 Å². The standard InChI is InChI=1S/C4H9NO3S/c1-8-4(6)2-3-9(5)7/h5,9H,2-3H2,1H3. The van der Waals surface area contributed by atoms with Crippen LogP contribution >= 0.6 is 0 Å². The summed E-state index contributed by atoms with van der Waals surface area (Å²) in [6.07, 6.45) is 0.0786. The number of carbonyl (C=O) groups is 1. The zero-order valence-electron chi connectivity index (χ0n) is 5.09. The third kappa shape index (κ3) is 5.29. The molecule has 0 heterocycles. The lowest BCUT2D eigenvalue weighted by Crippen LogP contribution is -2.02. The number of esters is 1. The SMILES string of the molecule is COC(=O)CC[SH](=N)=O. The van der Waals surface area contributed by atoms with Gasteiger partial charge in [0.05, 0.1) is 13.5 Å². The highest BCUT2D eigenvalue weighted by molar-refractivity contribution is 7.73. The zero-order chi connectivity index (χ0) is 7.28. The van der Waals surface area contributed by atoms with Crippen LogP contribution in [-0.2, 0) is 20.1 Å². The predicted octanol–water partition coefficient (Wildman–Crippen LogP) is -0.207. The van der Waals surface area contributed by atoms with Crippen LogP contribution in [0.15, 0.2) is 0 Å². The Labute approximate surface area is 55.2 Å². The Bertz CT molecular complexity index is 155. The lowest BCUT2D eigenvalue weighted by molar-refractivity contribution is -0.140. The normalized spacial score (nSPS) is 12.6. The maximum Gasteiger partial charge on any atom is 0.306 e. The van der Waals surface area contributed by atoms with Crippen molar-refractivity contribution in [1.82, 2.24) is 0 Å². The molecule has 0 aliphatic rings. The lowest BCUT2D eigenvalue weighted by atomic mass is 10.5. The molecule has 0 saturated heterocycles. The zero-order valence-corrected chi connectivity index (χ0v) is 5.98. The van der Waals surface area contributed by atoms with Gasteiger partial charge in [-0.15, -0.1) is 0 Å². The molecule has 0 fully saturated rings. The second kappa shape index (κ2) is 4.31. The summed E-state index contributed by atoms with van der Waals surface area (Å²) < 4.78 is 20.9. The molecule has 0 spiro atoms. The molecule has 0 aromatic heterocycles. The Kier molecular flexibility index (Phi) is 4.04. The monoisotopic (exact) mass is 151 g/mol. The largest absolute Gasteiger partial charge is 0.469 e. The van der Waals surface area contributed by atoms with E-state index in [0.717, 1.165) is 0 Å². The van der Waals surface area contributed by atoms with E-state index >= 15 is 0 Å². The highest BCUT2D eigenvalue weighted by Gasteiger charge is 1.97. The molecule has 1 unspecified atom stereocenters. The molecule has 0 rings (SSSR count). The molecule has 0 aromatic carbocycles. The fourth-order valence-electron chi connectivity index (χ4n) is 0.295. The lowest BCUT2D eigenvalue weighted by Gasteiger charge is -1.92. The summed E-state index contributed by atoms with van der Waals surface area (Å²) in [5, 5.41) is 0. The van der Waals surface area contributed by atoms with Gasteiger partial charge in [0.25, 0.3) is 0 Å². The van der Waals surface area contributed by atoms with Crippen LogP contribution in [-0.4, -0.2) is 23.0 Å². The number of methoxy groups -OCH3 is 1. The molecule has 54 valence electrons. The highest BCUT2D eigenvalue weighted by Crippen LogP contribution is 1.83. The maximum absolute atomic E-state index is 10.3. The Morgan fingerprint density at radius 1 is 1.78 bits per heavy atom. The number of ether oxygens (including phenoxy) is 1. The molecule has 0 saturated carbocycles. The van der Waals surface area contributed by atoms with E-state index in [1.54, 1.807) is 0 Å². The van der Waals surface area contributed by atoms with Crippen LogP contribution in [0.25, 0.3) is 0 Å². The van der Waals surface area contributed by atoms with Crippen molar-refractivity contribution in [3.8, 4) is 0 Å². The fraction of sp³-hybridized carbons (Fsp3) is 0.750. The topological polar surface area (TPSA) is 67.2 Å². The smallest absolute Gasteiger partial charge is 0.306 e. The first-order valence-corrected chi connectivity index (χ1v) is 3.84. The first-order valence-electron chi connectivity index (χ1n) is 2.39. The molecule has 9 heavy (non-hydrogen) atoms. The molecule has 0 aliphatic heterocycles. The molecule has 1 atom stereocenters. The number of thiol groups is 1. The van der Waals surface area contributed by atoms with Crippen LogP contribution in [0.5, 0.6) is 0 Å². The third-order valence-electron chi connectivity index (χ3n) is 0.747. The Balaban J connectivity index is 3.39. The maximum atomic E-state index is 10.3. The van der Waals surface area contributed by atoms with Gasteiger partial charge in [0.1, 0.15) is 0 Å². The van der Waals surface area contributed by atoms with Gasteiger partial charge in [0.15, 0.2) is 0 Å². The van der Waals surface area contributed by atoms with Gasteiger partial charge < -0.3 is 4.74 Å². The minimum absolute atomic E-state index is 0.0786. The van der Waals surface area contributed by atoms with Crippen LogP contribution in [0.2, 0.25) is 0 Å². The number of carbonyl (C=O) groups excluding carboxylic acids is 1. The molecule has 0 aliphatic carbocycles. The number of nitrogens with one attached hydrogen (secondary N) is 1. The molecule has 1 N–H and O–H groups in total. The van der Waals surface area contributed by atoms with E-state index in [1.807, 2.05) is 0 Å². The Hall–Kier alpha value is -0.580. The van der Waals surface area contributed by atoms with E-state index in [1.165, 1.54) is 7.11 Å².